The molecule has 176 valence electrons. The molecule has 0 heterocycles. The van der Waals surface area contributed by atoms with Gasteiger partial charge < -0.3 is 9.47 Å². The van der Waals surface area contributed by atoms with Gasteiger partial charge in [0.25, 0.3) is 0 Å². The molecular formula is C27H28F4O2. The van der Waals surface area contributed by atoms with E-state index in [1.165, 1.54) is 12.1 Å². The molecule has 0 atom stereocenters. The Labute approximate surface area is 192 Å². The summed E-state index contributed by atoms with van der Waals surface area (Å²) in [6.07, 6.45) is 1.55. The first-order chi connectivity index (χ1) is 15.8. The van der Waals surface area contributed by atoms with Gasteiger partial charge in [0.05, 0.1) is 0 Å². The van der Waals surface area contributed by atoms with Crippen molar-refractivity contribution >= 4 is 0 Å². The Morgan fingerprint density at radius 2 is 1.21 bits per heavy atom. The second-order valence-electron chi connectivity index (χ2n) is 7.95. The molecule has 0 spiro atoms. The lowest BCUT2D eigenvalue weighted by Gasteiger charge is -2.20. The highest BCUT2D eigenvalue weighted by atomic mass is 19.3. The van der Waals surface area contributed by atoms with Gasteiger partial charge in [-0.3, -0.25) is 0 Å². The Kier molecular flexibility index (Phi) is 8.37. The SMILES string of the molecule is CCCCc1ccc(Oc2ccc(F)c(C(F)(F)Oc3ccc(CCCC)cc3)c2F)cc1. The first-order valence-electron chi connectivity index (χ1n) is 11.2. The topological polar surface area (TPSA) is 18.5 Å². The number of alkyl halides is 2. The molecule has 0 aliphatic rings. The largest absolute Gasteiger partial charge is 0.454 e. The van der Waals surface area contributed by atoms with Gasteiger partial charge in [-0.1, -0.05) is 51.0 Å². The number of hydrogen-bond donors (Lipinski definition) is 0. The third-order valence-electron chi connectivity index (χ3n) is 5.31. The van der Waals surface area contributed by atoms with Crippen LogP contribution in [0.4, 0.5) is 17.6 Å². The monoisotopic (exact) mass is 460 g/mol. The lowest BCUT2D eigenvalue weighted by Crippen LogP contribution is -2.25. The molecule has 3 rings (SSSR count). The van der Waals surface area contributed by atoms with E-state index in [-0.39, 0.29) is 11.5 Å². The van der Waals surface area contributed by atoms with Crippen LogP contribution in [0.25, 0.3) is 0 Å². The number of aryl methyl sites for hydroxylation is 2. The van der Waals surface area contributed by atoms with Crippen LogP contribution in [0, 0.1) is 11.6 Å². The Morgan fingerprint density at radius 1 is 0.697 bits per heavy atom. The smallest absolute Gasteiger partial charge is 0.432 e. The molecule has 0 aromatic heterocycles. The predicted molar refractivity (Wildman–Crippen MR) is 121 cm³/mol. The maximum atomic E-state index is 14.9. The lowest BCUT2D eigenvalue weighted by atomic mass is 10.1. The minimum Gasteiger partial charge on any atom is -0.454 e. The zero-order valence-corrected chi connectivity index (χ0v) is 18.8. The molecule has 0 N–H and O–H groups in total. The van der Waals surface area contributed by atoms with Crippen molar-refractivity contribution in [3.63, 3.8) is 0 Å². The number of benzene rings is 3. The summed E-state index contributed by atoms with van der Waals surface area (Å²) in [7, 11) is 0. The number of ether oxygens (including phenoxy) is 2. The van der Waals surface area contributed by atoms with Crippen molar-refractivity contribution in [1.29, 1.82) is 0 Å². The molecule has 0 aliphatic heterocycles. The summed E-state index contributed by atoms with van der Waals surface area (Å²) in [5.41, 5.74) is 0.570. The van der Waals surface area contributed by atoms with Gasteiger partial charge in [-0.25, -0.2) is 8.78 Å². The number of halogens is 4. The highest BCUT2D eigenvalue weighted by molar-refractivity contribution is 5.39. The fraction of sp³-hybridized carbons (Fsp3) is 0.333. The van der Waals surface area contributed by atoms with Crippen LogP contribution in [0.1, 0.15) is 56.2 Å². The van der Waals surface area contributed by atoms with Crippen LogP contribution in [-0.4, -0.2) is 0 Å². The third kappa shape index (κ3) is 6.50. The zero-order valence-electron chi connectivity index (χ0n) is 18.8. The highest BCUT2D eigenvalue weighted by Crippen LogP contribution is 2.39. The van der Waals surface area contributed by atoms with Gasteiger partial charge in [-0.05, 0) is 73.2 Å². The molecule has 0 unspecified atom stereocenters. The van der Waals surface area contributed by atoms with Crippen LogP contribution >= 0.6 is 0 Å². The summed E-state index contributed by atoms with van der Waals surface area (Å²) in [5.74, 6) is -3.36. The third-order valence-corrected chi connectivity index (χ3v) is 5.31. The molecule has 3 aromatic rings. The van der Waals surface area contributed by atoms with Crippen LogP contribution in [0.2, 0.25) is 0 Å². The van der Waals surface area contributed by atoms with Crippen LogP contribution in [0.15, 0.2) is 60.7 Å². The number of rotatable bonds is 11. The van der Waals surface area contributed by atoms with Crippen molar-refractivity contribution in [2.75, 3.05) is 0 Å². The first-order valence-corrected chi connectivity index (χ1v) is 11.2. The summed E-state index contributed by atoms with van der Waals surface area (Å²) >= 11 is 0. The molecular weight excluding hydrogens is 432 g/mol. The molecule has 0 amide bonds. The zero-order chi connectivity index (χ0) is 23.8. The summed E-state index contributed by atoms with van der Waals surface area (Å²) in [6, 6.07) is 14.7. The fourth-order valence-electron chi connectivity index (χ4n) is 3.42. The van der Waals surface area contributed by atoms with E-state index in [9.17, 15) is 17.6 Å². The standard InChI is InChI=1S/C27H28F4O2/c1-3-5-7-19-9-13-21(14-10-19)32-24-18-17-23(28)25(26(24)29)27(30,31)33-22-15-11-20(12-16-22)8-6-4-2/h9-18H,3-8H2,1-2H3. The van der Waals surface area contributed by atoms with Gasteiger partial charge in [0.2, 0.25) is 0 Å². The number of hydrogen-bond acceptors (Lipinski definition) is 2. The van der Waals surface area contributed by atoms with Crippen molar-refractivity contribution in [3.05, 3.63) is 89.0 Å². The van der Waals surface area contributed by atoms with E-state index in [2.05, 4.69) is 13.8 Å². The molecule has 0 saturated heterocycles. The van der Waals surface area contributed by atoms with E-state index in [0.29, 0.717) is 0 Å². The normalized spacial score (nSPS) is 11.5. The van der Waals surface area contributed by atoms with E-state index in [0.717, 1.165) is 61.8 Å². The molecule has 0 saturated carbocycles. The maximum absolute atomic E-state index is 14.9. The van der Waals surface area contributed by atoms with Gasteiger partial charge >= 0.3 is 6.11 Å². The Morgan fingerprint density at radius 3 is 1.73 bits per heavy atom. The quantitative estimate of drug-likeness (QED) is 0.267. The molecule has 6 heteroatoms. The fourth-order valence-corrected chi connectivity index (χ4v) is 3.42. The molecule has 3 aromatic carbocycles. The maximum Gasteiger partial charge on any atom is 0.432 e. The molecule has 33 heavy (non-hydrogen) atoms. The predicted octanol–water partition coefficient (Wildman–Crippen LogP) is 8.57. The summed E-state index contributed by atoms with van der Waals surface area (Å²) in [5, 5.41) is 0. The van der Waals surface area contributed by atoms with Crippen molar-refractivity contribution in [3.8, 4) is 17.2 Å². The van der Waals surface area contributed by atoms with E-state index >= 15 is 0 Å². The van der Waals surface area contributed by atoms with Gasteiger partial charge in [-0.15, -0.1) is 0 Å². The van der Waals surface area contributed by atoms with Crippen molar-refractivity contribution < 1.29 is 27.0 Å². The van der Waals surface area contributed by atoms with E-state index in [1.807, 2.05) is 12.1 Å². The molecule has 2 nitrogen and oxygen atoms in total. The highest BCUT2D eigenvalue weighted by Gasteiger charge is 2.42. The van der Waals surface area contributed by atoms with Crippen LogP contribution in [-0.2, 0) is 19.0 Å². The molecule has 0 bridgehead atoms. The summed E-state index contributed by atoms with van der Waals surface area (Å²) < 4.78 is 69.0. The molecule has 0 fully saturated rings. The first kappa shape index (κ1) is 24.6. The molecule has 0 aliphatic carbocycles. The molecule has 0 radical (unpaired) electrons. The van der Waals surface area contributed by atoms with Gasteiger partial charge in [-0.2, -0.15) is 8.78 Å². The van der Waals surface area contributed by atoms with Crippen LogP contribution in [0.3, 0.4) is 0 Å². The summed E-state index contributed by atoms with van der Waals surface area (Å²) in [4.78, 5) is 0. The van der Waals surface area contributed by atoms with E-state index < -0.39 is 29.1 Å². The minimum atomic E-state index is -4.23. The second kappa shape index (κ2) is 11.2. The minimum absolute atomic E-state index is 0.187. The van der Waals surface area contributed by atoms with Gasteiger partial charge in [0, 0.05) is 0 Å². The Bertz CT molecular complexity index is 1030. The lowest BCUT2D eigenvalue weighted by molar-refractivity contribution is -0.189. The van der Waals surface area contributed by atoms with Crippen molar-refractivity contribution in [2.45, 2.75) is 58.5 Å². The van der Waals surface area contributed by atoms with E-state index in [1.54, 1.807) is 24.3 Å². The van der Waals surface area contributed by atoms with E-state index in [4.69, 9.17) is 9.47 Å². The Hall–Kier alpha value is -3.02. The summed E-state index contributed by atoms with van der Waals surface area (Å²) in [6.45, 7) is 4.15. The van der Waals surface area contributed by atoms with Crippen molar-refractivity contribution in [2.24, 2.45) is 0 Å². The van der Waals surface area contributed by atoms with Crippen molar-refractivity contribution in [1.82, 2.24) is 0 Å². The number of unbranched alkanes of at least 4 members (excludes halogenated alkanes) is 2. The average Bonchev–Trinajstić information content (AvgIpc) is 2.79. The Balaban J connectivity index is 1.79. The second-order valence-corrected chi connectivity index (χ2v) is 7.95. The average molecular weight is 461 g/mol. The van der Waals surface area contributed by atoms with Crippen LogP contribution < -0.4 is 9.47 Å². The van der Waals surface area contributed by atoms with Crippen LogP contribution in [0.5, 0.6) is 17.2 Å². The van der Waals surface area contributed by atoms with Gasteiger partial charge in [0.15, 0.2) is 11.6 Å². The van der Waals surface area contributed by atoms with Gasteiger partial charge in [0.1, 0.15) is 22.9 Å².